The van der Waals surface area contributed by atoms with Crippen LogP contribution in [0.3, 0.4) is 0 Å². The monoisotopic (exact) mass is 377 g/mol. The second-order valence-electron chi connectivity index (χ2n) is 6.07. The average molecular weight is 378 g/mol. The van der Waals surface area contributed by atoms with Gasteiger partial charge in [0.15, 0.2) is 11.3 Å². The van der Waals surface area contributed by atoms with Crippen LogP contribution in [-0.4, -0.2) is 25.8 Å². The lowest BCUT2D eigenvalue weighted by atomic mass is 10.1. The number of hydrogen-bond donors (Lipinski definition) is 1. The molecule has 5 nitrogen and oxygen atoms in total. The fraction of sp³-hybridized carbons (Fsp3) is 0.389. The molecule has 0 saturated carbocycles. The van der Waals surface area contributed by atoms with Crippen LogP contribution in [0.25, 0.3) is 22.3 Å². The number of aryl methyl sites for hydroxylation is 2. The number of aromatic nitrogens is 4. The van der Waals surface area contributed by atoms with Crippen molar-refractivity contribution in [2.24, 2.45) is 7.05 Å². The predicted octanol–water partition coefficient (Wildman–Crippen LogP) is 5.25. The van der Waals surface area contributed by atoms with E-state index in [0.717, 1.165) is 41.0 Å². The van der Waals surface area contributed by atoms with E-state index in [1.165, 1.54) is 0 Å². The molecule has 1 N–H and O–H groups in total. The van der Waals surface area contributed by atoms with Gasteiger partial charge in [-0.3, -0.25) is 4.68 Å². The lowest BCUT2D eigenvalue weighted by Crippen LogP contribution is -2.18. The van der Waals surface area contributed by atoms with Crippen LogP contribution < -0.4 is 5.32 Å². The predicted molar refractivity (Wildman–Crippen MR) is 104 cm³/mol. The van der Waals surface area contributed by atoms with E-state index in [1.54, 1.807) is 10.7 Å². The van der Waals surface area contributed by atoms with Crippen LogP contribution in [0.5, 0.6) is 0 Å². The number of fused-ring (bicyclic) bond motifs is 1. The van der Waals surface area contributed by atoms with E-state index in [1.807, 2.05) is 26.1 Å². The van der Waals surface area contributed by atoms with Gasteiger partial charge in [-0.15, -0.1) is 0 Å². The highest BCUT2D eigenvalue weighted by Gasteiger charge is 2.20. The summed E-state index contributed by atoms with van der Waals surface area (Å²) in [5, 5.41) is 9.32. The molecule has 0 saturated heterocycles. The largest absolute Gasteiger partial charge is 0.365 e. The zero-order valence-electron chi connectivity index (χ0n) is 14.8. The van der Waals surface area contributed by atoms with E-state index < -0.39 is 0 Å². The van der Waals surface area contributed by atoms with Gasteiger partial charge >= 0.3 is 0 Å². The van der Waals surface area contributed by atoms with Gasteiger partial charge in [0.05, 0.1) is 10.7 Å². The molecule has 25 heavy (non-hydrogen) atoms. The minimum Gasteiger partial charge on any atom is -0.365 e. The van der Waals surface area contributed by atoms with Gasteiger partial charge in [0, 0.05) is 23.7 Å². The van der Waals surface area contributed by atoms with Crippen molar-refractivity contribution in [3.05, 3.63) is 34.1 Å². The molecule has 0 aliphatic heterocycles. The third-order valence-corrected chi connectivity index (χ3v) is 4.85. The lowest BCUT2D eigenvalue weighted by Gasteiger charge is -2.15. The van der Waals surface area contributed by atoms with Crippen LogP contribution >= 0.6 is 23.2 Å². The minimum absolute atomic E-state index is 0.349. The number of halogens is 2. The molecule has 7 heteroatoms. The highest BCUT2D eigenvalue weighted by molar-refractivity contribution is 6.36. The van der Waals surface area contributed by atoms with Crippen molar-refractivity contribution in [1.82, 2.24) is 19.7 Å². The maximum absolute atomic E-state index is 6.42. The van der Waals surface area contributed by atoms with Crippen LogP contribution in [0.15, 0.2) is 18.2 Å². The Kier molecular flexibility index (Phi) is 5.16. The van der Waals surface area contributed by atoms with E-state index in [4.69, 9.17) is 23.2 Å². The zero-order valence-corrected chi connectivity index (χ0v) is 16.3. The summed E-state index contributed by atoms with van der Waals surface area (Å²) in [5.74, 6) is 1.46. The number of nitrogens with zero attached hydrogens (tertiary/aromatic N) is 4. The molecule has 3 rings (SSSR count). The van der Waals surface area contributed by atoms with Crippen molar-refractivity contribution in [3.63, 3.8) is 0 Å². The smallest absolute Gasteiger partial charge is 0.158 e. The quantitative estimate of drug-likeness (QED) is 0.659. The third-order valence-electron chi connectivity index (χ3n) is 4.31. The standard InChI is InChI=1S/C18H21Cl2N5/c1-5-12(6-2)23-18-16-15(21-10(3)22-18)17(25(4)24-16)13-8-7-11(19)9-14(13)20/h7-9,12H,5-6H2,1-4H3,(H,21,22,23). The minimum atomic E-state index is 0.349. The van der Waals surface area contributed by atoms with Crippen LogP contribution in [0.1, 0.15) is 32.5 Å². The SMILES string of the molecule is CCC(CC)Nc1nc(C)nc2c(-c3ccc(Cl)cc3Cl)n(C)nc12. The van der Waals surface area contributed by atoms with Crippen molar-refractivity contribution in [2.75, 3.05) is 5.32 Å². The number of anilines is 1. The Morgan fingerprint density at radius 3 is 2.48 bits per heavy atom. The molecule has 0 radical (unpaired) electrons. The molecule has 0 aliphatic carbocycles. The highest BCUT2D eigenvalue weighted by atomic mass is 35.5. The van der Waals surface area contributed by atoms with Crippen LogP contribution in [0, 0.1) is 6.92 Å². The highest BCUT2D eigenvalue weighted by Crippen LogP contribution is 2.35. The second-order valence-corrected chi connectivity index (χ2v) is 6.91. The number of hydrogen-bond acceptors (Lipinski definition) is 4. The fourth-order valence-corrected chi connectivity index (χ4v) is 3.45. The molecule has 1 aromatic carbocycles. The molecular formula is C18H21Cl2N5. The van der Waals surface area contributed by atoms with Crippen molar-refractivity contribution in [3.8, 4) is 11.3 Å². The first-order valence-electron chi connectivity index (χ1n) is 8.37. The van der Waals surface area contributed by atoms with Gasteiger partial charge in [-0.1, -0.05) is 37.0 Å². The Morgan fingerprint density at radius 2 is 1.84 bits per heavy atom. The molecular weight excluding hydrogens is 357 g/mol. The van der Waals surface area contributed by atoms with E-state index in [0.29, 0.717) is 21.9 Å². The second kappa shape index (κ2) is 7.18. The molecule has 0 aliphatic rings. The Morgan fingerprint density at radius 1 is 1.12 bits per heavy atom. The lowest BCUT2D eigenvalue weighted by molar-refractivity contribution is 0.668. The molecule has 0 bridgehead atoms. The molecule has 0 atom stereocenters. The van der Waals surface area contributed by atoms with Crippen LogP contribution in [-0.2, 0) is 7.05 Å². The van der Waals surface area contributed by atoms with Crippen molar-refractivity contribution in [2.45, 2.75) is 39.7 Å². The van der Waals surface area contributed by atoms with Gasteiger partial charge in [0.2, 0.25) is 0 Å². The summed E-state index contributed by atoms with van der Waals surface area (Å²) in [6, 6.07) is 5.79. The van der Waals surface area contributed by atoms with Gasteiger partial charge in [0.25, 0.3) is 0 Å². The van der Waals surface area contributed by atoms with E-state index in [9.17, 15) is 0 Å². The topological polar surface area (TPSA) is 55.6 Å². The first kappa shape index (κ1) is 18.0. The average Bonchev–Trinajstić information content (AvgIpc) is 2.89. The first-order valence-corrected chi connectivity index (χ1v) is 9.13. The first-order chi connectivity index (χ1) is 11.9. The Balaban J connectivity index is 2.21. The molecule has 0 amide bonds. The van der Waals surface area contributed by atoms with Crippen molar-refractivity contribution in [1.29, 1.82) is 0 Å². The molecule has 2 heterocycles. The molecule has 0 spiro atoms. The van der Waals surface area contributed by atoms with Crippen molar-refractivity contribution < 1.29 is 0 Å². The molecule has 2 aromatic heterocycles. The van der Waals surface area contributed by atoms with Gasteiger partial charge in [-0.25, -0.2) is 9.97 Å². The fourth-order valence-electron chi connectivity index (χ4n) is 2.95. The molecule has 3 aromatic rings. The Hall–Kier alpha value is -1.85. The number of nitrogens with one attached hydrogen (secondary N) is 1. The summed E-state index contributed by atoms with van der Waals surface area (Å²) in [5.41, 5.74) is 3.24. The van der Waals surface area contributed by atoms with Gasteiger partial charge in [-0.2, -0.15) is 5.10 Å². The van der Waals surface area contributed by atoms with Crippen LogP contribution in [0.2, 0.25) is 10.0 Å². The van der Waals surface area contributed by atoms with Crippen LogP contribution in [0.4, 0.5) is 5.82 Å². The zero-order chi connectivity index (χ0) is 18.1. The third kappa shape index (κ3) is 3.44. The molecule has 0 unspecified atom stereocenters. The summed E-state index contributed by atoms with van der Waals surface area (Å²) >= 11 is 12.5. The summed E-state index contributed by atoms with van der Waals surface area (Å²) in [6.45, 7) is 6.20. The Bertz CT molecular complexity index is 915. The van der Waals surface area contributed by atoms with Gasteiger partial charge in [-0.05, 0) is 38.0 Å². The summed E-state index contributed by atoms with van der Waals surface area (Å²) < 4.78 is 1.80. The summed E-state index contributed by atoms with van der Waals surface area (Å²) in [6.07, 6.45) is 2.04. The summed E-state index contributed by atoms with van der Waals surface area (Å²) in [7, 11) is 1.89. The molecule has 132 valence electrons. The van der Waals surface area contributed by atoms with E-state index >= 15 is 0 Å². The van der Waals surface area contributed by atoms with Gasteiger partial charge in [0.1, 0.15) is 11.3 Å². The number of rotatable bonds is 5. The maximum Gasteiger partial charge on any atom is 0.158 e. The maximum atomic E-state index is 6.42. The Labute approximate surface area is 157 Å². The van der Waals surface area contributed by atoms with E-state index in [-0.39, 0.29) is 0 Å². The van der Waals surface area contributed by atoms with Crippen molar-refractivity contribution >= 4 is 40.1 Å². The summed E-state index contributed by atoms with van der Waals surface area (Å²) in [4.78, 5) is 9.20. The number of benzene rings is 1. The molecule has 0 fully saturated rings. The normalized spacial score (nSPS) is 11.5. The van der Waals surface area contributed by atoms with Gasteiger partial charge < -0.3 is 5.32 Å². The van der Waals surface area contributed by atoms with E-state index in [2.05, 4.69) is 34.2 Å².